The standard InChI is InChI=1S/C25H22ClF4N5O4/c1-38-23-33-9-14(10-34-23)20(36)8-24(5-6-39-13-24)22(37)32-12-19-17(26)7-15(11-31-19)35-21-16(25(28,29)30)3-2-4-18(21)27/h2-4,7,9-11,35H,5-6,8,12-13H2,1H3,(H,32,37)/t24-/m0/s1. The van der Waals surface area contributed by atoms with Crippen molar-refractivity contribution in [1.29, 1.82) is 0 Å². The van der Waals surface area contributed by atoms with Crippen LogP contribution in [0.4, 0.5) is 28.9 Å². The smallest absolute Gasteiger partial charge is 0.418 e. The number of halogens is 5. The topological polar surface area (TPSA) is 115 Å². The fourth-order valence-electron chi connectivity index (χ4n) is 4.03. The minimum Gasteiger partial charge on any atom is -0.467 e. The third-order valence-corrected chi connectivity index (χ3v) is 6.47. The Balaban J connectivity index is 1.44. The normalized spacial score (nSPS) is 17.1. The highest BCUT2D eigenvalue weighted by atomic mass is 35.5. The first-order valence-corrected chi connectivity index (χ1v) is 11.9. The van der Waals surface area contributed by atoms with E-state index in [-0.39, 0.29) is 59.9 Å². The predicted molar refractivity (Wildman–Crippen MR) is 131 cm³/mol. The van der Waals surface area contributed by atoms with Crippen molar-refractivity contribution in [3.8, 4) is 6.01 Å². The Labute approximate surface area is 224 Å². The van der Waals surface area contributed by atoms with Crippen LogP contribution >= 0.6 is 11.6 Å². The molecule has 1 aliphatic rings. The van der Waals surface area contributed by atoms with Gasteiger partial charge in [0, 0.05) is 25.4 Å². The molecular formula is C25H22ClF4N5O4. The van der Waals surface area contributed by atoms with E-state index in [0.29, 0.717) is 6.42 Å². The van der Waals surface area contributed by atoms with E-state index in [1.165, 1.54) is 31.8 Å². The van der Waals surface area contributed by atoms with Crippen molar-refractivity contribution in [2.75, 3.05) is 25.6 Å². The van der Waals surface area contributed by atoms with Gasteiger partial charge < -0.3 is 20.1 Å². The molecule has 39 heavy (non-hydrogen) atoms. The number of methoxy groups -OCH3 is 1. The summed E-state index contributed by atoms with van der Waals surface area (Å²) in [5, 5.41) is 5.10. The molecule has 14 heteroatoms. The van der Waals surface area contributed by atoms with Gasteiger partial charge in [0.2, 0.25) is 5.91 Å². The van der Waals surface area contributed by atoms with Gasteiger partial charge in [0.25, 0.3) is 0 Å². The lowest BCUT2D eigenvalue weighted by atomic mass is 9.80. The van der Waals surface area contributed by atoms with Crippen LogP contribution in [0.1, 0.15) is 34.5 Å². The van der Waals surface area contributed by atoms with Crippen molar-refractivity contribution in [3.05, 3.63) is 70.5 Å². The maximum absolute atomic E-state index is 14.2. The van der Waals surface area contributed by atoms with E-state index >= 15 is 0 Å². The number of aromatic nitrogens is 3. The monoisotopic (exact) mass is 567 g/mol. The molecule has 3 heterocycles. The Hall–Kier alpha value is -3.84. The molecule has 1 saturated heterocycles. The number of carbonyl (C=O) groups is 2. The Morgan fingerprint density at radius 1 is 1.18 bits per heavy atom. The van der Waals surface area contributed by atoms with Gasteiger partial charge in [0.1, 0.15) is 5.82 Å². The van der Waals surface area contributed by atoms with Crippen molar-refractivity contribution < 1.29 is 36.6 Å². The van der Waals surface area contributed by atoms with Gasteiger partial charge in [-0.3, -0.25) is 14.6 Å². The number of para-hydroxylation sites is 1. The Morgan fingerprint density at radius 2 is 1.92 bits per heavy atom. The van der Waals surface area contributed by atoms with Crippen molar-refractivity contribution in [2.45, 2.75) is 25.6 Å². The molecule has 0 unspecified atom stereocenters. The lowest BCUT2D eigenvalue weighted by molar-refractivity contribution is -0.137. The summed E-state index contributed by atoms with van der Waals surface area (Å²) >= 11 is 6.26. The second-order valence-electron chi connectivity index (χ2n) is 8.76. The highest BCUT2D eigenvalue weighted by Gasteiger charge is 2.44. The van der Waals surface area contributed by atoms with Gasteiger partial charge in [-0.05, 0) is 24.6 Å². The minimum absolute atomic E-state index is 0.0126. The predicted octanol–water partition coefficient (Wildman–Crippen LogP) is 4.73. The molecule has 1 atom stereocenters. The molecule has 0 saturated carbocycles. The number of ketones is 1. The second-order valence-corrected chi connectivity index (χ2v) is 9.17. The molecule has 1 fully saturated rings. The Kier molecular flexibility index (Phi) is 8.31. The van der Waals surface area contributed by atoms with Gasteiger partial charge in [0.15, 0.2) is 5.78 Å². The summed E-state index contributed by atoms with van der Waals surface area (Å²) in [4.78, 5) is 37.9. The average Bonchev–Trinajstić information content (AvgIpc) is 3.38. The van der Waals surface area contributed by atoms with Crippen LogP contribution in [0.2, 0.25) is 5.02 Å². The largest absolute Gasteiger partial charge is 0.467 e. The summed E-state index contributed by atoms with van der Waals surface area (Å²) in [5.41, 5.74) is -2.65. The van der Waals surface area contributed by atoms with Crippen LogP contribution in [-0.2, 0) is 22.3 Å². The van der Waals surface area contributed by atoms with Crippen LogP contribution in [-0.4, -0.2) is 47.0 Å². The molecule has 4 rings (SSSR count). The van der Waals surface area contributed by atoms with Crippen LogP contribution in [0.15, 0.2) is 42.9 Å². The molecule has 1 aliphatic heterocycles. The molecule has 3 aromatic rings. The molecule has 2 N–H and O–H groups in total. The van der Waals surface area contributed by atoms with E-state index < -0.39 is 34.6 Å². The zero-order chi connectivity index (χ0) is 28.2. The number of nitrogens with zero attached hydrogens (tertiary/aromatic N) is 3. The second kappa shape index (κ2) is 11.5. The number of ether oxygens (including phenoxy) is 2. The number of benzene rings is 1. The number of carbonyl (C=O) groups excluding carboxylic acids is 2. The molecular weight excluding hydrogens is 546 g/mol. The van der Waals surface area contributed by atoms with Gasteiger partial charge in [-0.2, -0.15) is 13.2 Å². The first kappa shape index (κ1) is 28.2. The fourth-order valence-corrected chi connectivity index (χ4v) is 4.26. The van der Waals surface area contributed by atoms with Gasteiger partial charge >= 0.3 is 12.2 Å². The molecule has 206 valence electrons. The highest BCUT2D eigenvalue weighted by molar-refractivity contribution is 6.31. The van der Waals surface area contributed by atoms with Gasteiger partial charge in [-0.15, -0.1) is 0 Å². The molecule has 2 aromatic heterocycles. The van der Waals surface area contributed by atoms with E-state index in [1.54, 1.807) is 0 Å². The summed E-state index contributed by atoms with van der Waals surface area (Å²) in [7, 11) is 1.39. The summed E-state index contributed by atoms with van der Waals surface area (Å²) in [5.74, 6) is -1.91. The van der Waals surface area contributed by atoms with Crippen LogP contribution in [0.3, 0.4) is 0 Å². The minimum atomic E-state index is -4.78. The maximum atomic E-state index is 14.2. The number of nitrogens with one attached hydrogen (secondary N) is 2. The van der Waals surface area contributed by atoms with Crippen LogP contribution in [0.5, 0.6) is 6.01 Å². The summed E-state index contributed by atoms with van der Waals surface area (Å²) in [6.45, 7) is 0.179. The van der Waals surface area contributed by atoms with E-state index in [4.69, 9.17) is 21.1 Å². The number of rotatable bonds is 9. The number of hydrogen-bond acceptors (Lipinski definition) is 8. The van der Waals surface area contributed by atoms with Crippen LogP contribution < -0.4 is 15.4 Å². The summed E-state index contributed by atoms with van der Waals surface area (Å²) < 4.78 is 64.3. The van der Waals surface area contributed by atoms with Crippen molar-refractivity contribution >= 4 is 34.7 Å². The molecule has 0 radical (unpaired) electrons. The van der Waals surface area contributed by atoms with Crippen molar-refractivity contribution in [3.63, 3.8) is 0 Å². The molecule has 1 aromatic carbocycles. The van der Waals surface area contributed by atoms with Gasteiger partial charge in [0.05, 0.1) is 65.1 Å². The third-order valence-electron chi connectivity index (χ3n) is 6.14. The summed E-state index contributed by atoms with van der Waals surface area (Å²) in [6.07, 6.45) is -0.838. The SMILES string of the molecule is COc1ncc(C(=O)C[C@@]2(C(=O)NCc3ncc(Nc4c(F)cccc4C(F)(F)F)cc3Cl)CCOC2)cn1. The van der Waals surface area contributed by atoms with Crippen molar-refractivity contribution in [2.24, 2.45) is 5.41 Å². The highest BCUT2D eigenvalue weighted by Crippen LogP contribution is 2.38. The fraction of sp³-hybridized carbons (Fsp3) is 0.320. The number of alkyl halides is 3. The quantitative estimate of drug-likeness (QED) is 0.282. The number of hydrogen-bond donors (Lipinski definition) is 2. The van der Waals surface area contributed by atoms with E-state index in [0.717, 1.165) is 18.2 Å². The lowest BCUT2D eigenvalue weighted by Crippen LogP contribution is -2.43. The van der Waals surface area contributed by atoms with E-state index in [2.05, 4.69) is 25.6 Å². The number of anilines is 2. The first-order valence-electron chi connectivity index (χ1n) is 11.5. The number of Topliss-reactive ketones (excluding diaryl/α,β-unsaturated/α-hetero) is 1. The van der Waals surface area contributed by atoms with E-state index in [9.17, 15) is 27.2 Å². The Morgan fingerprint density at radius 3 is 2.54 bits per heavy atom. The van der Waals surface area contributed by atoms with Crippen LogP contribution in [0.25, 0.3) is 0 Å². The molecule has 9 nitrogen and oxygen atoms in total. The summed E-state index contributed by atoms with van der Waals surface area (Å²) in [6, 6.07) is 3.97. The number of amides is 1. The van der Waals surface area contributed by atoms with Crippen molar-refractivity contribution in [1.82, 2.24) is 20.3 Å². The third kappa shape index (κ3) is 6.42. The molecule has 0 bridgehead atoms. The lowest BCUT2D eigenvalue weighted by Gasteiger charge is -2.25. The van der Waals surface area contributed by atoms with E-state index in [1.807, 2.05) is 0 Å². The zero-order valence-electron chi connectivity index (χ0n) is 20.4. The van der Waals surface area contributed by atoms with Crippen LogP contribution in [0, 0.1) is 11.2 Å². The average molecular weight is 568 g/mol. The van der Waals surface area contributed by atoms with Gasteiger partial charge in [-0.1, -0.05) is 17.7 Å². The Bertz CT molecular complexity index is 1370. The molecule has 1 amide bonds. The van der Waals surface area contributed by atoms with Gasteiger partial charge in [-0.25, -0.2) is 14.4 Å². The molecule has 0 aliphatic carbocycles. The number of pyridine rings is 1. The zero-order valence-corrected chi connectivity index (χ0v) is 21.2. The molecule has 0 spiro atoms. The first-order chi connectivity index (χ1) is 18.5. The maximum Gasteiger partial charge on any atom is 0.418 e.